The summed E-state index contributed by atoms with van der Waals surface area (Å²) in [6.07, 6.45) is 1.67. The molecular weight excluding hydrogens is 527 g/mol. The third kappa shape index (κ3) is 5.21. The highest BCUT2D eigenvalue weighted by molar-refractivity contribution is 6.01. The number of oxime groups is 1. The normalized spacial score (nSPS) is 15.5. The molecule has 206 valence electrons. The molecule has 12 nitrogen and oxygen atoms in total. The molecular formula is C27H23FN4O8. The predicted octanol–water partition coefficient (Wildman–Crippen LogP) is 3.98. The molecule has 2 aliphatic heterocycles. The fraction of sp³-hybridized carbons (Fsp3) is 0.222. The zero-order valence-electron chi connectivity index (χ0n) is 21.4. The number of rotatable bonds is 9. The highest BCUT2D eigenvalue weighted by Crippen LogP contribution is 2.52. The standard InChI is InChI=1S/C27H23FN4O8/c1-36-23-20(11-19-12-22(31-40-19)15-6-8-17(28)9-7-15)21(24(37-2)26-25(23)38-14-39-26)13-29-30-27(33)16-4-3-5-18(10-16)32(34)35/h3-10,13,19H,11-12,14H2,1-2H3,(H,30,33)/b29-13+. The SMILES string of the molecule is COc1c(/C=N/NC(=O)c2cccc([N+](=O)[O-])c2)c(CC2CC(c3ccc(F)cc3)=NO2)c(OC)c2c1OCO2. The summed E-state index contributed by atoms with van der Waals surface area (Å²) in [6, 6.07) is 11.2. The van der Waals surface area contributed by atoms with E-state index < -0.39 is 16.9 Å². The first-order valence-corrected chi connectivity index (χ1v) is 12.0. The van der Waals surface area contributed by atoms with Gasteiger partial charge >= 0.3 is 0 Å². The average Bonchev–Trinajstić information content (AvgIpc) is 3.64. The van der Waals surface area contributed by atoms with Crippen LogP contribution in [0.1, 0.15) is 33.5 Å². The van der Waals surface area contributed by atoms with E-state index in [-0.39, 0.29) is 30.3 Å². The largest absolute Gasteiger partial charge is 0.492 e. The molecule has 1 N–H and O–H groups in total. The van der Waals surface area contributed by atoms with Crippen LogP contribution in [-0.4, -0.2) is 49.9 Å². The van der Waals surface area contributed by atoms with Gasteiger partial charge in [-0.15, -0.1) is 0 Å². The zero-order valence-corrected chi connectivity index (χ0v) is 21.4. The number of hydrogen-bond donors (Lipinski definition) is 1. The Hall–Kier alpha value is -5.20. The molecule has 2 heterocycles. The highest BCUT2D eigenvalue weighted by atomic mass is 19.1. The van der Waals surface area contributed by atoms with E-state index in [1.165, 1.54) is 50.8 Å². The Morgan fingerprint density at radius 1 is 1.18 bits per heavy atom. The second kappa shape index (κ2) is 11.3. The van der Waals surface area contributed by atoms with Gasteiger partial charge in [-0.25, -0.2) is 9.82 Å². The van der Waals surface area contributed by atoms with Gasteiger partial charge in [-0.3, -0.25) is 14.9 Å². The summed E-state index contributed by atoms with van der Waals surface area (Å²) in [4.78, 5) is 28.8. The molecule has 13 heteroatoms. The van der Waals surface area contributed by atoms with Gasteiger partial charge in [0.05, 0.1) is 31.1 Å². The molecule has 0 bridgehead atoms. The molecule has 2 aliphatic rings. The van der Waals surface area contributed by atoms with E-state index in [2.05, 4.69) is 15.7 Å². The molecule has 0 aromatic heterocycles. The number of carbonyl (C=O) groups excluding carboxylic acids is 1. The van der Waals surface area contributed by atoms with Crippen LogP contribution < -0.4 is 24.4 Å². The Morgan fingerprint density at radius 3 is 2.60 bits per heavy atom. The predicted molar refractivity (Wildman–Crippen MR) is 140 cm³/mol. The minimum absolute atomic E-state index is 0.0522. The molecule has 40 heavy (non-hydrogen) atoms. The lowest BCUT2D eigenvalue weighted by Crippen LogP contribution is -2.18. The van der Waals surface area contributed by atoms with E-state index in [1.54, 1.807) is 12.1 Å². The van der Waals surface area contributed by atoms with Gasteiger partial charge in [-0.1, -0.05) is 23.4 Å². The molecule has 0 spiro atoms. The van der Waals surface area contributed by atoms with Gasteiger partial charge in [0.15, 0.2) is 11.5 Å². The van der Waals surface area contributed by atoms with Crippen LogP contribution in [0.2, 0.25) is 0 Å². The van der Waals surface area contributed by atoms with Crippen molar-refractivity contribution in [2.45, 2.75) is 18.9 Å². The van der Waals surface area contributed by atoms with E-state index in [4.69, 9.17) is 23.8 Å². The van der Waals surface area contributed by atoms with E-state index in [1.807, 2.05) is 0 Å². The van der Waals surface area contributed by atoms with Crippen molar-refractivity contribution in [3.05, 3.63) is 86.7 Å². The van der Waals surface area contributed by atoms with Gasteiger partial charge in [0, 0.05) is 41.7 Å². The Bertz CT molecular complexity index is 1520. The van der Waals surface area contributed by atoms with Crippen molar-refractivity contribution in [3.63, 3.8) is 0 Å². The number of nitrogens with one attached hydrogen (secondary N) is 1. The van der Waals surface area contributed by atoms with Crippen molar-refractivity contribution in [2.24, 2.45) is 10.3 Å². The van der Waals surface area contributed by atoms with Crippen molar-refractivity contribution in [1.29, 1.82) is 0 Å². The van der Waals surface area contributed by atoms with Crippen molar-refractivity contribution in [3.8, 4) is 23.0 Å². The summed E-state index contributed by atoms with van der Waals surface area (Å²) >= 11 is 0. The molecule has 5 rings (SSSR count). The number of nitrogens with zero attached hydrogens (tertiary/aromatic N) is 3. The first kappa shape index (κ1) is 26.4. The Kier molecular flexibility index (Phi) is 7.44. The first-order valence-electron chi connectivity index (χ1n) is 12.0. The number of benzene rings is 3. The first-order chi connectivity index (χ1) is 19.4. The minimum atomic E-state index is -0.648. The van der Waals surface area contributed by atoms with Crippen molar-refractivity contribution < 1.29 is 37.9 Å². The number of methoxy groups -OCH3 is 2. The van der Waals surface area contributed by atoms with Crippen molar-refractivity contribution >= 4 is 23.5 Å². The lowest BCUT2D eigenvalue weighted by Gasteiger charge is -2.19. The van der Waals surface area contributed by atoms with Crippen LogP contribution in [-0.2, 0) is 11.3 Å². The topological polar surface area (TPSA) is 143 Å². The van der Waals surface area contributed by atoms with E-state index in [9.17, 15) is 19.3 Å². The quantitative estimate of drug-likeness (QED) is 0.239. The van der Waals surface area contributed by atoms with Crippen LogP contribution in [0.5, 0.6) is 23.0 Å². The lowest BCUT2D eigenvalue weighted by atomic mass is 9.95. The summed E-state index contributed by atoms with van der Waals surface area (Å²) in [5.74, 6) is 0.339. The molecule has 1 amide bonds. The van der Waals surface area contributed by atoms with Crippen molar-refractivity contribution in [1.82, 2.24) is 5.43 Å². The maximum atomic E-state index is 13.4. The number of non-ortho nitro benzene ring substituents is 1. The van der Waals surface area contributed by atoms with Crippen LogP contribution in [0.4, 0.5) is 10.1 Å². The second-order valence-electron chi connectivity index (χ2n) is 8.71. The molecule has 0 saturated heterocycles. The summed E-state index contributed by atoms with van der Waals surface area (Å²) < 4.78 is 36.0. The molecule has 3 aromatic carbocycles. The fourth-order valence-corrected chi connectivity index (χ4v) is 4.45. The van der Waals surface area contributed by atoms with E-state index in [0.717, 1.165) is 11.6 Å². The van der Waals surface area contributed by atoms with E-state index in [0.29, 0.717) is 46.3 Å². The third-order valence-corrected chi connectivity index (χ3v) is 6.30. The summed E-state index contributed by atoms with van der Waals surface area (Å²) in [7, 11) is 2.93. The van der Waals surface area contributed by atoms with Crippen LogP contribution in [0.3, 0.4) is 0 Å². The van der Waals surface area contributed by atoms with Gasteiger partial charge in [0.1, 0.15) is 11.9 Å². The molecule has 0 saturated carbocycles. The fourth-order valence-electron chi connectivity index (χ4n) is 4.45. The Labute approximate surface area is 227 Å². The molecule has 1 unspecified atom stereocenters. The molecule has 3 aromatic rings. The van der Waals surface area contributed by atoms with Crippen LogP contribution in [0, 0.1) is 15.9 Å². The third-order valence-electron chi connectivity index (χ3n) is 6.30. The van der Waals surface area contributed by atoms with Crippen LogP contribution >= 0.6 is 0 Å². The summed E-state index contributed by atoms with van der Waals surface area (Å²) in [6.45, 7) is -0.0522. The van der Waals surface area contributed by atoms with Crippen LogP contribution in [0.25, 0.3) is 0 Å². The smallest absolute Gasteiger partial charge is 0.271 e. The lowest BCUT2D eigenvalue weighted by molar-refractivity contribution is -0.384. The number of amides is 1. The van der Waals surface area contributed by atoms with Crippen molar-refractivity contribution in [2.75, 3.05) is 21.0 Å². The Balaban J connectivity index is 1.43. The van der Waals surface area contributed by atoms with Gasteiger partial charge in [-0.2, -0.15) is 5.10 Å². The van der Waals surface area contributed by atoms with Gasteiger partial charge < -0.3 is 23.8 Å². The number of hydrazone groups is 1. The number of ether oxygens (including phenoxy) is 4. The number of nitro groups is 1. The summed E-state index contributed by atoms with van der Waals surface area (Å²) in [5.41, 5.74) is 4.65. The Morgan fingerprint density at radius 2 is 1.90 bits per heavy atom. The molecule has 0 aliphatic carbocycles. The zero-order chi connectivity index (χ0) is 28.2. The monoisotopic (exact) mass is 550 g/mol. The minimum Gasteiger partial charge on any atom is -0.492 e. The van der Waals surface area contributed by atoms with Crippen LogP contribution in [0.15, 0.2) is 58.8 Å². The number of carbonyl (C=O) groups is 1. The maximum Gasteiger partial charge on any atom is 0.271 e. The van der Waals surface area contributed by atoms with Gasteiger partial charge in [-0.05, 0) is 23.8 Å². The number of halogens is 1. The number of nitro benzene ring substituents is 1. The molecule has 1 atom stereocenters. The summed E-state index contributed by atoms with van der Waals surface area (Å²) in [5, 5.41) is 19.3. The average molecular weight is 550 g/mol. The molecule has 0 fully saturated rings. The second-order valence-corrected chi connectivity index (χ2v) is 8.71. The highest BCUT2D eigenvalue weighted by Gasteiger charge is 2.34. The molecule has 0 radical (unpaired) electrons. The maximum absolute atomic E-state index is 13.4. The van der Waals surface area contributed by atoms with E-state index >= 15 is 0 Å². The number of hydrogen-bond acceptors (Lipinski definition) is 10. The van der Waals surface area contributed by atoms with Gasteiger partial charge in [0.25, 0.3) is 11.6 Å². The number of fused-ring (bicyclic) bond motifs is 1. The van der Waals surface area contributed by atoms with Gasteiger partial charge in [0.2, 0.25) is 18.3 Å².